The average molecular weight is 419 g/mol. The first kappa shape index (κ1) is 18.0. The van der Waals surface area contributed by atoms with E-state index in [2.05, 4.69) is 36.2 Å². The van der Waals surface area contributed by atoms with E-state index in [1.54, 1.807) is 12.1 Å². The lowest BCUT2D eigenvalue weighted by atomic mass is 10.2. The molecule has 10 heteroatoms. The minimum atomic E-state index is -3.74. The van der Waals surface area contributed by atoms with Gasteiger partial charge in [-0.2, -0.15) is 0 Å². The van der Waals surface area contributed by atoms with E-state index in [1.807, 2.05) is 13.8 Å². The van der Waals surface area contributed by atoms with Gasteiger partial charge in [0.25, 0.3) is 0 Å². The Kier molecular flexibility index (Phi) is 5.84. The number of amides is 1. The molecule has 0 aliphatic heterocycles. The number of nitrogens with one attached hydrogen (secondary N) is 2. The van der Waals surface area contributed by atoms with Gasteiger partial charge in [-0.3, -0.25) is 10.1 Å². The molecular formula is C13H15BrN4O3S2. The van der Waals surface area contributed by atoms with Crippen molar-refractivity contribution in [3.63, 3.8) is 0 Å². The first-order valence-electron chi connectivity index (χ1n) is 6.66. The highest BCUT2D eigenvalue weighted by Crippen LogP contribution is 2.22. The van der Waals surface area contributed by atoms with Crippen LogP contribution in [0.2, 0.25) is 0 Å². The second kappa shape index (κ2) is 7.47. The van der Waals surface area contributed by atoms with E-state index in [4.69, 9.17) is 0 Å². The number of carbonyl (C=O) groups excluding carboxylic acids is 1. The lowest BCUT2D eigenvalue weighted by molar-refractivity contribution is -0.115. The van der Waals surface area contributed by atoms with Crippen molar-refractivity contribution in [2.24, 2.45) is 0 Å². The number of hydrogen-bond donors (Lipinski definition) is 2. The molecule has 0 spiro atoms. The maximum absolute atomic E-state index is 12.1. The van der Waals surface area contributed by atoms with Crippen LogP contribution >= 0.6 is 27.3 Å². The highest BCUT2D eigenvalue weighted by molar-refractivity contribution is 9.10. The average Bonchev–Trinajstić information content (AvgIpc) is 2.94. The lowest BCUT2D eigenvalue weighted by Crippen LogP contribution is -2.32. The Morgan fingerprint density at radius 2 is 1.91 bits per heavy atom. The van der Waals surface area contributed by atoms with Gasteiger partial charge in [-0.25, -0.2) is 13.1 Å². The molecule has 1 aromatic carbocycles. The number of rotatable bonds is 6. The molecule has 1 heterocycles. The van der Waals surface area contributed by atoms with Crippen LogP contribution in [0, 0.1) is 0 Å². The number of hydrogen-bond acceptors (Lipinski definition) is 6. The smallest absolute Gasteiger partial charge is 0.241 e. The van der Waals surface area contributed by atoms with Crippen molar-refractivity contribution >= 4 is 48.3 Å². The minimum Gasteiger partial charge on any atom is -0.299 e. The van der Waals surface area contributed by atoms with Crippen LogP contribution in [0.25, 0.3) is 0 Å². The number of nitrogens with zero attached hydrogens (tertiary/aromatic N) is 2. The fraction of sp³-hybridized carbons (Fsp3) is 0.308. The van der Waals surface area contributed by atoms with Crippen LogP contribution in [0.1, 0.15) is 24.8 Å². The Morgan fingerprint density at radius 1 is 1.26 bits per heavy atom. The van der Waals surface area contributed by atoms with Gasteiger partial charge >= 0.3 is 0 Å². The van der Waals surface area contributed by atoms with E-state index >= 15 is 0 Å². The zero-order valence-corrected chi connectivity index (χ0v) is 15.6. The van der Waals surface area contributed by atoms with Crippen LogP contribution in [0.5, 0.6) is 0 Å². The van der Waals surface area contributed by atoms with Crippen molar-refractivity contribution < 1.29 is 13.2 Å². The number of halogens is 1. The van der Waals surface area contributed by atoms with Crippen LogP contribution in [0.4, 0.5) is 5.13 Å². The molecule has 23 heavy (non-hydrogen) atoms. The third-order valence-electron chi connectivity index (χ3n) is 2.73. The first-order valence-corrected chi connectivity index (χ1v) is 9.75. The van der Waals surface area contributed by atoms with Gasteiger partial charge in [0.1, 0.15) is 5.01 Å². The Balaban J connectivity index is 1.94. The van der Waals surface area contributed by atoms with E-state index in [1.165, 1.54) is 23.5 Å². The zero-order chi connectivity index (χ0) is 17.0. The number of anilines is 1. The third kappa shape index (κ3) is 5.06. The van der Waals surface area contributed by atoms with Crippen LogP contribution < -0.4 is 10.0 Å². The maximum atomic E-state index is 12.1. The van der Waals surface area contributed by atoms with Crippen molar-refractivity contribution in [3.8, 4) is 0 Å². The van der Waals surface area contributed by atoms with Gasteiger partial charge in [-0.15, -0.1) is 10.2 Å². The van der Waals surface area contributed by atoms with Gasteiger partial charge in [0.15, 0.2) is 0 Å². The quantitative estimate of drug-likeness (QED) is 0.749. The second-order valence-corrected chi connectivity index (χ2v) is 8.62. The molecule has 0 unspecified atom stereocenters. The molecule has 0 atom stereocenters. The van der Waals surface area contributed by atoms with E-state index in [0.29, 0.717) is 5.13 Å². The Hall–Kier alpha value is -1.36. The summed E-state index contributed by atoms with van der Waals surface area (Å²) in [7, 11) is -3.74. The summed E-state index contributed by atoms with van der Waals surface area (Å²) in [6.07, 6.45) is 0. The zero-order valence-electron chi connectivity index (χ0n) is 12.4. The predicted octanol–water partition coefficient (Wildman–Crippen LogP) is 2.34. The molecular weight excluding hydrogens is 404 g/mol. The van der Waals surface area contributed by atoms with Crippen LogP contribution in [-0.2, 0) is 14.8 Å². The summed E-state index contributed by atoms with van der Waals surface area (Å²) in [4.78, 5) is 11.9. The summed E-state index contributed by atoms with van der Waals surface area (Å²) >= 11 is 4.50. The van der Waals surface area contributed by atoms with Gasteiger partial charge < -0.3 is 0 Å². The summed E-state index contributed by atoms with van der Waals surface area (Å²) in [5, 5.41) is 11.5. The highest BCUT2D eigenvalue weighted by atomic mass is 79.9. The normalized spacial score (nSPS) is 11.7. The molecule has 0 fully saturated rings. The second-order valence-electron chi connectivity index (χ2n) is 4.93. The molecule has 1 aromatic heterocycles. The fourth-order valence-corrected chi connectivity index (χ4v) is 3.55. The summed E-state index contributed by atoms with van der Waals surface area (Å²) in [5.41, 5.74) is 0. The highest BCUT2D eigenvalue weighted by Gasteiger charge is 2.16. The molecule has 1 amide bonds. The van der Waals surface area contributed by atoms with Crippen molar-refractivity contribution in [3.05, 3.63) is 33.7 Å². The molecule has 0 bridgehead atoms. The van der Waals surface area contributed by atoms with Crippen molar-refractivity contribution in [1.29, 1.82) is 0 Å². The summed E-state index contributed by atoms with van der Waals surface area (Å²) in [6, 6.07) is 6.13. The van der Waals surface area contributed by atoms with Crippen molar-refractivity contribution in [2.45, 2.75) is 24.7 Å². The molecule has 0 saturated heterocycles. The molecule has 0 radical (unpaired) electrons. The predicted molar refractivity (Wildman–Crippen MR) is 92.0 cm³/mol. The molecule has 0 aliphatic rings. The summed E-state index contributed by atoms with van der Waals surface area (Å²) in [5.74, 6) is -0.286. The van der Waals surface area contributed by atoms with Crippen LogP contribution in [0.3, 0.4) is 0 Å². The summed E-state index contributed by atoms with van der Waals surface area (Å²) < 4.78 is 27.1. The van der Waals surface area contributed by atoms with Crippen molar-refractivity contribution in [2.75, 3.05) is 11.9 Å². The molecule has 2 aromatic rings. The summed E-state index contributed by atoms with van der Waals surface area (Å²) in [6.45, 7) is 3.56. The number of benzene rings is 1. The molecule has 0 saturated carbocycles. The standard InChI is InChI=1S/C13H15BrN4O3S2/c1-8(2)12-17-18-13(22-12)16-11(19)7-15-23(20,21)10-5-3-9(14)4-6-10/h3-6,8,15H,7H2,1-2H3,(H,16,18,19). The van der Waals surface area contributed by atoms with Gasteiger partial charge in [0, 0.05) is 10.4 Å². The Bertz CT molecular complexity index is 788. The SMILES string of the molecule is CC(C)c1nnc(NC(=O)CNS(=O)(=O)c2ccc(Br)cc2)s1. The van der Waals surface area contributed by atoms with Gasteiger partial charge in [0.2, 0.25) is 21.1 Å². The van der Waals surface area contributed by atoms with Crippen LogP contribution in [0.15, 0.2) is 33.6 Å². The number of carbonyl (C=O) groups is 1. The largest absolute Gasteiger partial charge is 0.299 e. The van der Waals surface area contributed by atoms with E-state index < -0.39 is 15.9 Å². The van der Waals surface area contributed by atoms with E-state index in [0.717, 1.165) is 9.48 Å². The molecule has 0 aliphatic carbocycles. The molecule has 124 valence electrons. The van der Waals surface area contributed by atoms with Crippen molar-refractivity contribution in [1.82, 2.24) is 14.9 Å². The topological polar surface area (TPSA) is 101 Å². The van der Waals surface area contributed by atoms with E-state index in [9.17, 15) is 13.2 Å². The molecule has 2 rings (SSSR count). The minimum absolute atomic E-state index is 0.0894. The Labute approximate surface area is 146 Å². The first-order chi connectivity index (χ1) is 10.8. The lowest BCUT2D eigenvalue weighted by Gasteiger charge is -2.06. The third-order valence-corrected chi connectivity index (χ3v) is 5.81. The fourth-order valence-electron chi connectivity index (χ4n) is 1.54. The number of aromatic nitrogens is 2. The van der Waals surface area contributed by atoms with Gasteiger partial charge in [-0.05, 0) is 24.3 Å². The van der Waals surface area contributed by atoms with Gasteiger partial charge in [-0.1, -0.05) is 41.1 Å². The maximum Gasteiger partial charge on any atom is 0.241 e. The molecule has 2 N–H and O–H groups in total. The monoisotopic (exact) mass is 418 g/mol. The van der Waals surface area contributed by atoms with Gasteiger partial charge in [0.05, 0.1) is 11.4 Å². The molecule has 7 nitrogen and oxygen atoms in total. The number of sulfonamides is 1. The Morgan fingerprint density at radius 3 is 2.48 bits per heavy atom. The van der Waals surface area contributed by atoms with E-state index in [-0.39, 0.29) is 17.4 Å². The van der Waals surface area contributed by atoms with Crippen LogP contribution in [-0.4, -0.2) is 31.1 Å².